The van der Waals surface area contributed by atoms with Crippen LogP contribution >= 0.6 is 0 Å². The van der Waals surface area contributed by atoms with E-state index in [9.17, 15) is 0 Å². The first kappa shape index (κ1) is 25.1. The topological polar surface area (TPSA) is 104 Å². The van der Waals surface area contributed by atoms with Gasteiger partial charge in [-0.3, -0.25) is 24.9 Å². The molecule has 0 bridgehead atoms. The van der Waals surface area contributed by atoms with Gasteiger partial charge >= 0.3 is 0 Å². The number of hydrogen-bond donors (Lipinski definition) is 2. The zero-order valence-corrected chi connectivity index (χ0v) is 23.6. The van der Waals surface area contributed by atoms with Crippen molar-refractivity contribution in [1.82, 2.24) is 30.2 Å². The highest BCUT2D eigenvalue weighted by atomic mass is 15.2. The van der Waals surface area contributed by atoms with E-state index in [0.717, 1.165) is 63.0 Å². The van der Waals surface area contributed by atoms with Gasteiger partial charge in [0.1, 0.15) is 11.8 Å². The monoisotopic (exact) mass is 552 g/mol. The number of imidazole rings is 1. The van der Waals surface area contributed by atoms with Crippen molar-refractivity contribution in [2.24, 2.45) is 9.98 Å². The highest BCUT2D eigenvalue weighted by molar-refractivity contribution is 6.15. The van der Waals surface area contributed by atoms with Gasteiger partial charge in [0.25, 0.3) is 0 Å². The number of aromatic nitrogens is 4. The van der Waals surface area contributed by atoms with Crippen molar-refractivity contribution in [3.05, 3.63) is 112 Å². The predicted octanol–water partition coefficient (Wildman–Crippen LogP) is 5.69. The molecule has 8 heteroatoms. The van der Waals surface area contributed by atoms with Crippen LogP contribution < -0.4 is 5.32 Å². The third-order valence-corrected chi connectivity index (χ3v) is 8.58. The number of rotatable bonds is 5. The van der Waals surface area contributed by atoms with Gasteiger partial charge in [-0.05, 0) is 91.5 Å². The molecule has 1 aromatic carbocycles. The summed E-state index contributed by atoms with van der Waals surface area (Å²) in [7, 11) is 0. The van der Waals surface area contributed by atoms with Crippen LogP contribution in [0.25, 0.3) is 16.7 Å². The third-order valence-electron chi connectivity index (χ3n) is 8.58. The van der Waals surface area contributed by atoms with E-state index in [1.54, 1.807) is 0 Å². The summed E-state index contributed by atoms with van der Waals surface area (Å²) >= 11 is 0. The number of nitrogens with one attached hydrogen (secondary N) is 2. The Morgan fingerprint density at radius 2 is 1.81 bits per heavy atom. The van der Waals surface area contributed by atoms with E-state index in [2.05, 4.69) is 62.4 Å². The first-order valence-corrected chi connectivity index (χ1v) is 14.8. The molecule has 0 amide bonds. The molecule has 0 radical (unpaired) electrons. The molecule has 4 aliphatic rings. The van der Waals surface area contributed by atoms with Crippen LogP contribution in [0.3, 0.4) is 0 Å². The zero-order chi connectivity index (χ0) is 28.0. The summed E-state index contributed by atoms with van der Waals surface area (Å²) in [6, 6.07) is 10.9. The quantitative estimate of drug-likeness (QED) is 0.310. The maximum absolute atomic E-state index is 5.19. The number of fused-ring (bicyclic) bond motifs is 4. The summed E-state index contributed by atoms with van der Waals surface area (Å²) in [5.41, 5.74) is 12.7. The molecule has 2 saturated heterocycles. The Morgan fingerprint density at radius 1 is 0.929 bits per heavy atom. The summed E-state index contributed by atoms with van der Waals surface area (Å²) < 4.78 is 0. The number of benzene rings is 1. The van der Waals surface area contributed by atoms with E-state index in [1.807, 2.05) is 43.1 Å². The average Bonchev–Trinajstić information content (AvgIpc) is 3.74. The highest BCUT2D eigenvalue weighted by Crippen LogP contribution is 2.42. The van der Waals surface area contributed by atoms with Gasteiger partial charge in [-0.2, -0.15) is 0 Å². The van der Waals surface area contributed by atoms with Gasteiger partial charge in [0, 0.05) is 59.9 Å². The Labute approximate surface area is 245 Å². The molecular weight excluding hydrogens is 520 g/mol. The fourth-order valence-corrected chi connectivity index (χ4v) is 6.38. The van der Waals surface area contributed by atoms with Crippen LogP contribution in [0.4, 0.5) is 5.69 Å². The molecule has 208 valence electrons. The Balaban J connectivity index is 1.19. The van der Waals surface area contributed by atoms with Crippen LogP contribution in [-0.4, -0.2) is 56.4 Å². The summed E-state index contributed by atoms with van der Waals surface area (Å²) in [6.07, 6.45) is 17.7. The van der Waals surface area contributed by atoms with Gasteiger partial charge in [0.15, 0.2) is 5.82 Å². The molecule has 8 nitrogen and oxygen atoms in total. The summed E-state index contributed by atoms with van der Waals surface area (Å²) in [5, 5.41) is 3.48. The SMILES string of the molecule is Cc1cc2c(cc1-c1cncc(CN3CCCCC3)c1)C(c1nc3c([nH]1)C1NC1=CC=C3c1ccncc1)=NCC=N2. The standard InChI is InChI=1S/C34H32N8/c1-21-15-29-27(17-26(21)24-16-22(18-36-19-24)20-42-13-3-2-4-14-42)31(38-12-11-37-29)34-40-30-25(23-7-9-35-10-8-23)5-6-28-32(39-28)33(30)41-34/h5-11,15-19,32,39H,2-4,12-14,20H2,1H3,(H,40,41). The largest absolute Gasteiger partial charge is 0.373 e. The fourth-order valence-electron chi connectivity index (χ4n) is 6.38. The minimum Gasteiger partial charge on any atom is -0.373 e. The van der Waals surface area contributed by atoms with E-state index in [0.29, 0.717) is 6.54 Å². The van der Waals surface area contributed by atoms with Crippen LogP contribution in [0.2, 0.25) is 0 Å². The molecular formula is C34H32N8. The number of aromatic amines is 1. The molecule has 4 aromatic rings. The van der Waals surface area contributed by atoms with Crippen LogP contribution in [0.5, 0.6) is 0 Å². The van der Waals surface area contributed by atoms with Gasteiger partial charge < -0.3 is 10.3 Å². The Kier molecular flexibility index (Phi) is 6.14. The number of piperidine rings is 1. The summed E-state index contributed by atoms with van der Waals surface area (Å²) in [6.45, 7) is 5.92. The molecule has 6 heterocycles. The lowest BCUT2D eigenvalue weighted by atomic mass is 9.95. The molecule has 1 aliphatic carbocycles. The molecule has 0 spiro atoms. The summed E-state index contributed by atoms with van der Waals surface area (Å²) in [4.78, 5) is 30.0. The normalized spacial score (nSPS) is 19.3. The molecule has 2 fully saturated rings. The van der Waals surface area contributed by atoms with Crippen molar-refractivity contribution in [1.29, 1.82) is 0 Å². The molecule has 2 N–H and O–H groups in total. The van der Waals surface area contributed by atoms with Crippen molar-refractivity contribution in [2.45, 2.75) is 38.8 Å². The third kappa shape index (κ3) is 4.58. The Bertz CT molecular complexity index is 1800. The molecule has 3 aliphatic heterocycles. The first-order chi connectivity index (χ1) is 20.7. The predicted molar refractivity (Wildman–Crippen MR) is 166 cm³/mol. The molecule has 3 aromatic heterocycles. The maximum atomic E-state index is 5.19. The summed E-state index contributed by atoms with van der Waals surface area (Å²) in [5.74, 6) is 0.758. The van der Waals surface area contributed by atoms with Crippen molar-refractivity contribution < 1.29 is 0 Å². The lowest BCUT2D eigenvalue weighted by Gasteiger charge is -2.26. The van der Waals surface area contributed by atoms with E-state index in [-0.39, 0.29) is 6.04 Å². The maximum Gasteiger partial charge on any atom is 0.157 e. The Morgan fingerprint density at radius 3 is 2.69 bits per heavy atom. The molecule has 42 heavy (non-hydrogen) atoms. The Hall–Kier alpha value is -4.69. The van der Waals surface area contributed by atoms with Crippen LogP contribution in [0.1, 0.15) is 64.8 Å². The lowest BCUT2D eigenvalue weighted by molar-refractivity contribution is 0.220. The smallest absolute Gasteiger partial charge is 0.157 e. The van der Waals surface area contributed by atoms with Crippen molar-refractivity contribution in [2.75, 3.05) is 19.6 Å². The second-order valence-corrected chi connectivity index (χ2v) is 11.5. The van der Waals surface area contributed by atoms with E-state index < -0.39 is 0 Å². The van der Waals surface area contributed by atoms with Crippen molar-refractivity contribution >= 4 is 23.2 Å². The van der Waals surface area contributed by atoms with Gasteiger partial charge in [-0.25, -0.2) is 4.98 Å². The molecule has 8 rings (SSSR count). The number of likely N-dealkylation sites (tertiary alicyclic amines) is 1. The number of aryl methyl sites for hydroxylation is 1. The van der Waals surface area contributed by atoms with Crippen LogP contribution in [-0.2, 0) is 6.54 Å². The second kappa shape index (κ2) is 10.3. The number of aliphatic imine (C=N–C) groups is 2. The minimum absolute atomic E-state index is 0.140. The van der Waals surface area contributed by atoms with Gasteiger partial charge in [0.2, 0.25) is 0 Å². The van der Waals surface area contributed by atoms with Gasteiger partial charge in [0.05, 0.1) is 23.6 Å². The number of H-pyrrole nitrogens is 1. The fraction of sp³-hybridized carbons (Fsp3) is 0.265. The van der Waals surface area contributed by atoms with Crippen LogP contribution in [0, 0.1) is 6.92 Å². The number of nitrogens with zero attached hydrogens (tertiary/aromatic N) is 6. The van der Waals surface area contributed by atoms with Crippen molar-refractivity contribution in [3.63, 3.8) is 0 Å². The van der Waals surface area contributed by atoms with E-state index in [1.165, 1.54) is 49.2 Å². The van der Waals surface area contributed by atoms with Gasteiger partial charge in [-0.15, -0.1) is 0 Å². The molecule has 1 atom stereocenters. The number of allylic oxidation sites excluding steroid dienone is 2. The molecule has 1 unspecified atom stereocenters. The van der Waals surface area contributed by atoms with Crippen LogP contribution in [0.15, 0.2) is 83.0 Å². The average molecular weight is 553 g/mol. The zero-order valence-electron chi connectivity index (χ0n) is 23.6. The second-order valence-electron chi connectivity index (χ2n) is 11.5. The highest BCUT2D eigenvalue weighted by Gasteiger charge is 2.37. The van der Waals surface area contributed by atoms with E-state index >= 15 is 0 Å². The lowest BCUT2D eigenvalue weighted by Crippen LogP contribution is -2.29. The first-order valence-electron chi connectivity index (χ1n) is 14.8. The van der Waals surface area contributed by atoms with Gasteiger partial charge in [-0.1, -0.05) is 12.5 Å². The molecule has 0 saturated carbocycles. The van der Waals surface area contributed by atoms with Crippen molar-refractivity contribution in [3.8, 4) is 11.1 Å². The minimum atomic E-state index is 0.140. The number of pyridine rings is 2. The number of hydrogen-bond acceptors (Lipinski definition) is 7. The van der Waals surface area contributed by atoms with E-state index in [4.69, 9.17) is 15.0 Å².